The molecular formula is C21H29N3O. The topological polar surface area (TPSA) is 45.2 Å². The van der Waals surface area contributed by atoms with Crippen LogP contribution in [0, 0.1) is 20.8 Å². The molecule has 1 amide bonds. The Kier molecular flexibility index (Phi) is 6.71. The molecule has 0 aliphatic carbocycles. The highest BCUT2D eigenvalue weighted by Gasteiger charge is 2.13. The first-order chi connectivity index (χ1) is 11.8. The third-order valence-electron chi connectivity index (χ3n) is 4.43. The summed E-state index contributed by atoms with van der Waals surface area (Å²) in [6.07, 6.45) is 3.22. The van der Waals surface area contributed by atoms with E-state index in [0.29, 0.717) is 12.5 Å². The average Bonchev–Trinajstić information content (AvgIpc) is 2.51. The molecule has 4 heteroatoms. The Hall–Kier alpha value is -2.20. The number of aryl methyl sites for hydroxylation is 3. The van der Waals surface area contributed by atoms with Gasteiger partial charge < -0.3 is 10.2 Å². The van der Waals surface area contributed by atoms with Gasteiger partial charge in [-0.1, -0.05) is 6.07 Å². The fraction of sp³-hybridized carbons (Fsp3) is 0.429. The van der Waals surface area contributed by atoms with Crippen molar-refractivity contribution in [2.75, 3.05) is 18.9 Å². The smallest absolute Gasteiger partial charge is 0.225 e. The largest absolute Gasteiger partial charge is 0.326 e. The Morgan fingerprint density at radius 3 is 2.44 bits per heavy atom. The van der Waals surface area contributed by atoms with Crippen molar-refractivity contribution in [2.45, 2.75) is 46.6 Å². The van der Waals surface area contributed by atoms with Crippen molar-refractivity contribution in [1.29, 1.82) is 0 Å². The van der Waals surface area contributed by atoms with Crippen molar-refractivity contribution in [3.8, 4) is 0 Å². The van der Waals surface area contributed by atoms with Gasteiger partial charge in [-0.15, -0.1) is 0 Å². The third-order valence-corrected chi connectivity index (χ3v) is 4.43. The lowest BCUT2D eigenvalue weighted by atomic mass is 10.1. The van der Waals surface area contributed by atoms with Gasteiger partial charge in [-0.05, 0) is 75.7 Å². The first kappa shape index (κ1) is 19.1. The molecule has 0 bridgehead atoms. The molecule has 0 radical (unpaired) electrons. The van der Waals surface area contributed by atoms with Crippen LogP contribution in [0.25, 0.3) is 0 Å². The van der Waals surface area contributed by atoms with E-state index in [-0.39, 0.29) is 5.91 Å². The predicted molar refractivity (Wildman–Crippen MR) is 104 cm³/mol. The van der Waals surface area contributed by atoms with Crippen LogP contribution in [0.15, 0.2) is 36.5 Å². The summed E-state index contributed by atoms with van der Waals surface area (Å²) in [5, 5.41) is 3.00. The quantitative estimate of drug-likeness (QED) is 0.832. The van der Waals surface area contributed by atoms with Crippen LogP contribution in [-0.4, -0.2) is 35.4 Å². The number of likely N-dealkylation sites (N-methyl/N-ethyl adjacent to an activating group) is 1. The molecule has 1 unspecified atom stereocenters. The molecule has 0 fully saturated rings. The van der Waals surface area contributed by atoms with Gasteiger partial charge in [0.1, 0.15) is 0 Å². The Morgan fingerprint density at radius 1 is 1.12 bits per heavy atom. The molecule has 1 atom stereocenters. The van der Waals surface area contributed by atoms with Gasteiger partial charge in [0.05, 0.1) is 0 Å². The van der Waals surface area contributed by atoms with Crippen LogP contribution >= 0.6 is 0 Å². The highest BCUT2D eigenvalue weighted by atomic mass is 16.1. The number of nitrogens with one attached hydrogen (secondary N) is 1. The van der Waals surface area contributed by atoms with Gasteiger partial charge in [0.2, 0.25) is 5.91 Å². The van der Waals surface area contributed by atoms with E-state index < -0.39 is 0 Å². The summed E-state index contributed by atoms with van der Waals surface area (Å²) in [5.41, 5.74) is 5.52. The summed E-state index contributed by atoms with van der Waals surface area (Å²) in [5.74, 6) is 0.0535. The number of carbonyl (C=O) groups is 1. The molecule has 4 nitrogen and oxygen atoms in total. The van der Waals surface area contributed by atoms with Crippen molar-refractivity contribution in [3.05, 3.63) is 58.9 Å². The van der Waals surface area contributed by atoms with Gasteiger partial charge >= 0.3 is 0 Å². The van der Waals surface area contributed by atoms with Crippen molar-refractivity contribution in [3.63, 3.8) is 0 Å². The number of hydrogen-bond donors (Lipinski definition) is 1. The lowest BCUT2D eigenvalue weighted by Crippen LogP contribution is -2.33. The van der Waals surface area contributed by atoms with Crippen molar-refractivity contribution in [2.24, 2.45) is 0 Å². The number of carbonyl (C=O) groups excluding carboxylic acids is 1. The maximum Gasteiger partial charge on any atom is 0.225 e. The number of rotatable bonds is 7. The van der Waals surface area contributed by atoms with Crippen LogP contribution in [0.1, 0.15) is 35.7 Å². The van der Waals surface area contributed by atoms with E-state index in [0.717, 1.165) is 35.5 Å². The second kappa shape index (κ2) is 8.77. The monoisotopic (exact) mass is 339 g/mol. The molecule has 134 valence electrons. The molecule has 0 spiro atoms. The number of hydrogen-bond acceptors (Lipinski definition) is 3. The van der Waals surface area contributed by atoms with Crippen LogP contribution in [0.3, 0.4) is 0 Å². The fourth-order valence-corrected chi connectivity index (χ4v) is 2.94. The summed E-state index contributed by atoms with van der Waals surface area (Å²) in [7, 11) is 2.06. The first-order valence-electron chi connectivity index (χ1n) is 8.83. The van der Waals surface area contributed by atoms with Gasteiger partial charge in [-0.25, -0.2) is 0 Å². The van der Waals surface area contributed by atoms with Crippen molar-refractivity contribution in [1.82, 2.24) is 9.88 Å². The molecule has 1 heterocycles. The second-order valence-corrected chi connectivity index (χ2v) is 7.03. The van der Waals surface area contributed by atoms with Gasteiger partial charge in [-0.3, -0.25) is 9.78 Å². The highest BCUT2D eigenvalue weighted by molar-refractivity contribution is 5.91. The summed E-state index contributed by atoms with van der Waals surface area (Å²) in [6.45, 7) is 9.06. The highest BCUT2D eigenvalue weighted by Crippen LogP contribution is 2.14. The van der Waals surface area contributed by atoms with E-state index in [1.807, 2.05) is 38.2 Å². The summed E-state index contributed by atoms with van der Waals surface area (Å²) < 4.78 is 0. The lowest BCUT2D eigenvalue weighted by molar-refractivity contribution is -0.116. The summed E-state index contributed by atoms with van der Waals surface area (Å²) in [4.78, 5) is 18.9. The van der Waals surface area contributed by atoms with Crippen LogP contribution in [-0.2, 0) is 11.2 Å². The van der Waals surface area contributed by atoms with Gasteiger partial charge in [0.15, 0.2) is 0 Å². The molecule has 1 aromatic carbocycles. The normalized spacial score (nSPS) is 12.2. The lowest BCUT2D eigenvalue weighted by Gasteiger charge is -2.24. The number of nitrogens with zero attached hydrogens (tertiary/aromatic N) is 2. The minimum atomic E-state index is 0.0535. The molecule has 0 saturated carbocycles. The number of pyridine rings is 1. The molecule has 2 rings (SSSR count). The maximum absolute atomic E-state index is 12.2. The predicted octanol–water partition coefficient (Wildman–Crippen LogP) is 3.90. The third kappa shape index (κ3) is 6.31. The second-order valence-electron chi connectivity index (χ2n) is 7.03. The molecular weight excluding hydrogens is 310 g/mol. The first-order valence-corrected chi connectivity index (χ1v) is 8.83. The number of anilines is 1. The Balaban J connectivity index is 1.82. The summed E-state index contributed by atoms with van der Waals surface area (Å²) in [6, 6.07) is 10.6. The molecule has 0 aliphatic rings. The molecule has 1 N–H and O–H groups in total. The van der Waals surface area contributed by atoms with Gasteiger partial charge in [0.25, 0.3) is 0 Å². The fourth-order valence-electron chi connectivity index (χ4n) is 2.94. The number of amides is 1. The van der Waals surface area contributed by atoms with Crippen LogP contribution < -0.4 is 5.32 Å². The minimum absolute atomic E-state index is 0.0535. The number of benzene rings is 1. The maximum atomic E-state index is 12.2. The average molecular weight is 339 g/mol. The molecule has 1 aromatic heterocycles. The van der Waals surface area contributed by atoms with E-state index in [1.54, 1.807) is 0 Å². The van der Waals surface area contributed by atoms with E-state index in [9.17, 15) is 4.79 Å². The van der Waals surface area contributed by atoms with Gasteiger partial charge in [-0.2, -0.15) is 0 Å². The van der Waals surface area contributed by atoms with Crippen LogP contribution in [0.2, 0.25) is 0 Å². The van der Waals surface area contributed by atoms with Crippen molar-refractivity contribution >= 4 is 11.6 Å². The molecule has 2 aromatic rings. The molecule has 0 saturated heterocycles. The van der Waals surface area contributed by atoms with E-state index >= 15 is 0 Å². The Labute approximate surface area is 151 Å². The van der Waals surface area contributed by atoms with E-state index in [4.69, 9.17) is 0 Å². The van der Waals surface area contributed by atoms with Gasteiger partial charge in [0, 0.05) is 43.0 Å². The Morgan fingerprint density at radius 2 is 1.80 bits per heavy atom. The minimum Gasteiger partial charge on any atom is -0.326 e. The Bertz CT molecular complexity index is 707. The zero-order chi connectivity index (χ0) is 18.4. The standard InChI is InChI=1S/C21H29N3O/c1-15-6-8-22-19(11-15)14-18(4)24(5)9-7-21(25)23-20-12-16(2)10-17(3)13-20/h6,8,10-13,18H,7,9,14H2,1-5H3,(H,23,25). The van der Waals surface area contributed by atoms with Crippen LogP contribution in [0.4, 0.5) is 5.69 Å². The molecule has 25 heavy (non-hydrogen) atoms. The SMILES string of the molecule is Cc1cc(C)cc(NC(=O)CCN(C)C(C)Cc2cc(C)ccn2)c1. The van der Waals surface area contributed by atoms with E-state index in [1.165, 1.54) is 5.56 Å². The number of aromatic nitrogens is 1. The van der Waals surface area contributed by atoms with Crippen molar-refractivity contribution < 1.29 is 4.79 Å². The zero-order valence-corrected chi connectivity index (χ0v) is 16.0. The van der Waals surface area contributed by atoms with Crippen LogP contribution in [0.5, 0.6) is 0 Å². The molecule has 0 aliphatic heterocycles. The zero-order valence-electron chi connectivity index (χ0n) is 16.0. The van der Waals surface area contributed by atoms with E-state index in [2.05, 4.69) is 48.2 Å². The summed E-state index contributed by atoms with van der Waals surface area (Å²) >= 11 is 0.